The fourth-order valence-electron chi connectivity index (χ4n) is 3.57. The number of hydrogen-bond acceptors (Lipinski definition) is 9. The van der Waals surface area contributed by atoms with E-state index < -0.39 is 5.97 Å². The molecule has 1 aliphatic rings. The van der Waals surface area contributed by atoms with E-state index in [1.807, 2.05) is 6.07 Å². The predicted octanol–water partition coefficient (Wildman–Crippen LogP) is 3.03. The molecule has 2 heterocycles. The van der Waals surface area contributed by atoms with Crippen LogP contribution in [0.15, 0.2) is 18.2 Å². The summed E-state index contributed by atoms with van der Waals surface area (Å²) in [6.07, 6.45) is 0.885. The third kappa shape index (κ3) is 6.16. The molecule has 1 aromatic carbocycles. The molecule has 2 amide bonds. The Morgan fingerprint density at radius 2 is 1.82 bits per heavy atom. The van der Waals surface area contributed by atoms with Crippen LogP contribution in [0.3, 0.4) is 0 Å². The zero-order chi connectivity index (χ0) is 24.7. The number of aryl methyl sites for hydroxylation is 1. The second kappa shape index (κ2) is 11.7. The molecule has 10 nitrogen and oxygen atoms in total. The second-order valence-corrected chi connectivity index (χ2v) is 8.61. The number of ether oxygens (including phenoxy) is 4. The van der Waals surface area contributed by atoms with E-state index in [1.165, 1.54) is 11.3 Å². The summed E-state index contributed by atoms with van der Waals surface area (Å²) in [4.78, 5) is 43.0. The first-order chi connectivity index (χ1) is 16.4. The highest BCUT2D eigenvalue weighted by Crippen LogP contribution is 2.35. The molecule has 0 bridgehead atoms. The summed E-state index contributed by atoms with van der Waals surface area (Å²) in [6, 6.07) is 5.30. The lowest BCUT2D eigenvalue weighted by Crippen LogP contribution is -2.47. The number of thiazole rings is 1. The van der Waals surface area contributed by atoms with Gasteiger partial charge in [0.15, 0.2) is 18.1 Å². The van der Waals surface area contributed by atoms with E-state index in [-0.39, 0.29) is 24.6 Å². The van der Waals surface area contributed by atoms with Crippen molar-refractivity contribution < 1.29 is 33.3 Å². The van der Waals surface area contributed by atoms with Crippen molar-refractivity contribution in [2.75, 3.05) is 40.5 Å². The minimum Gasteiger partial charge on any atom is -0.493 e. The maximum atomic E-state index is 12.6. The predicted molar refractivity (Wildman–Crippen MR) is 125 cm³/mol. The Labute approximate surface area is 202 Å². The number of likely N-dealkylation sites (tertiary alicyclic amines) is 1. The third-order valence-electron chi connectivity index (χ3n) is 5.33. The SMILES string of the molecule is CCOC(=O)N1CCC(NC(=O)COC(=O)c2sc(-c3ccc(OC)c(OC)c3)nc2C)CC1. The maximum absolute atomic E-state index is 12.6. The number of benzene rings is 1. The van der Waals surface area contributed by atoms with Crippen LogP contribution < -0.4 is 14.8 Å². The summed E-state index contributed by atoms with van der Waals surface area (Å²) in [5.41, 5.74) is 1.29. The molecule has 1 fully saturated rings. The molecule has 0 spiro atoms. The maximum Gasteiger partial charge on any atom is 0.409 e. The fourth-order valence-corrected chi connectivity index (χ4v) is 4.52. The number of methoxy groups -OCH3 is 2. The second-order valence-electron chi connectivity index (χ2n) is 7.61. The summed E-state index contributed by atoms with van der Waals surface area (Å²) >= 11 is 1.18. The average molecular weight is 492 g/mol. The number of nitrogens with one attached hydrogen (secondary N) is 1. The van der Waals surface area contributed by atoms with Crippen molar-refractivity contribution in [2.45, 2.75) is 32.7 Å². The smallest absolute Gasteiger partial charge is 0.409 e. The Balaban J connectivity index is 1.52. The van der Waals surface area contributed by atoms with Gasteiger partial charge in [0.05, 0.1) is 26.5 Å². The molecule has 2 aromatic rings. The van der Waals surface area contributed by atoms with Crippen LogP contribution in [0.4, 0.5) is 4.79 Å². The molecule has 34 heavy (non-hydrogen) atoms. The van der Waals surface area contributed by atoms with Crippen LogP contribution >= 0.6 is 11.3 Å². The van der Waals surface area contributed by atoms with Crippen LogP contribution in [0.5, 0.6) is 11.5 Å². The first-order valence-corrected chi connectivity index (χ1v) is 11.8. The van der Waals surface area contributed by atoms with E-state index in [1.54, 1.807) is 45.1 Å². The molecule has 1 aliphatic heterocycles. The van der Waals surface area contributed by atoms with Crippen LogP contribution in [0.1, 0.15) is 35.1 Å². The van der Waals surface area contributed by atoms with Gasteiger partial charge in [0.25, 0.3) is 5.91 Å². The third-order valence-corrected chi connectivity index (χ3v) is 6.52. The lowest BCUT2D eigenvalue weighted by atomic mass is 10.1. The van der Waals surface area contributed by atoms with Crippen LogP contribution in [0, 0.1) is 6.92 Å². The van der Waals surface area contributed by atoms with Gasteiger partial charge in [-0.2, -0.15) is 0 Å². The van der Waals surface area contributed by atoms with Gasteiger partial charge in [-0.3, -0.25) is 4.79 Å². The molecular weight excluding hydrogens is 462 g/mol. The molecule has 0 unspecified atom stereocenters. The van der Waals surface area contributed by atoms with Gasteiger partial charge < -0.3 is 29.2 Å². The molecular formula is C23H29N3O7S. The topological polar surface area (TPSA) is 116 Å². The Hall–Kier alpha value is -3.34. The lowest BCUT2D eigenvalue weighted by Gasteiger charge is -2.31. The number of piperidine rings is 1. The first-order valence-electron chi connectivity index (χ1n) is 10.9. The minimum absolute atomic E-state index is 0.0846. The van der Waals surface area contributed by atoms with Crippen LogP contribution in [0.25, 0.3) is 10.6 Å². The van der Waals surface area contributed by atoms with Gasteiger partial charge >= 0.3 is 12.1 Å². The number of esters is 1. The van der Waals surface area contributed by atoms with E-state index >= 15 is 0 Å². The normalized spacial score (nSPS) is 13.8. The highest BCUT2D eigenvalue weighted by Gasteiger charge is 2.25. The molecule has 1 N–H and O–H groups in total. The Bertz CT molecular complexity index is 1030. The fraction of sp³-hybridized carbons (Fsp3) is 0.478. The van der Waals surface area contributed by atoms with Crippen molar-refractivity contribution in [1.29, 1.82) is 0 Å². The van der Waals surface area contributed by atoms with Gasteiger partial charge in [0.2, 0.25) is 0 Å². The molecule has 11 heteroatoms. The van der Waals surface area contributed by atoms with Gasteiger partial charge in [-0.25, -0.2) is 14.6 Å². The highest BCUT2D eigenvalue weighted by molar-refractivity contribution is 7.17. The van der Waals surface area contributed by atoms with E-state index in [4.69, 9.17) is 18.9 Å². The van der Waals surface area contributed by atoms with Crippen molar-refractivity contribution in [3.05, 3.63) is 28.8 Å². The Kier molecular flexibility index (Phi) is 8.69. The van der Waals surface area contributed by atoms with Gasteiger partial charge in [0.1, 0.15) is 9.88 Å². The van der Waals surface area contributed by atoms with Crippen molar-refractivity contribution >= 4 is 29.3 Å². The molecule has 184 valence electrons. The van der Waals surface area contributed by atoms with Crippen LogP contribution in [-0.2, 0) is 14.3 Å². The van der Waals surface area contributed by atoms with Crippen LogP contribution in [-0.4, -0.2) is 74.4 Å². The number of carbonyl (C=O) groups excluding carboxylic acids is 3. The number of rotatable bonds is 8. The molecule has 0 saturated carbocycles. The molecule has 3 rings (SSSR count). The number of aromatic nitrogens is 1. The van der Waals surface area contributed by atoms with Crippen molar-refractivity contribution in [3.8, 4) is 22.1 Å². The zero-order valence-corrected chi connectivity index (χ0v) is 20.5. The van der Waals surface area contributed by atoms with Gasteiger partial charge in [-0.05, 0) is 44.9 Å². The van der Waals surface area contributed by atoms with Crippen LogP contribution in [0.2, 0.25) is 0 Å². The van der Waals surface area contributed by atoms with Gasteiger partial charge in [-0.1, -0.05) is 0 Å². The van der Waals surface area contributed by atoms with Crippen molar-refractivity contribution in [1.82, 2.24) is 15.2 Å². The van der Waals surface area contributed by atoms with E-state index in [9.17, 15) is 14.4 Å². The average Bonchev–Trinajstić information content (AvgIpc) is 3.24. The minimum atomic E-state index is -0.603. The number of carbonyl (C=O) groups is 3. The highest BCUT2D eigenvalue weighted by atomic mass is 32.1. The standard InChI is InChI=1S/C23H29N3O7S/c1-5-32-23(29)26-10-8-16(9-11-26)25-19(27)13-33-22(28)20-14(2)24-21(34-20)15-6-7-17(30-3)18(12-15)31-4/h6-7,12,16H,5,8-11,13H2,1-4H3,(H,25,27). The summed E-state index contributed by atoms with van der Waals surface area (Å²) in [5, 5.41) is 3.48. The summed E-state index contributed by atoms with van der Waals surface area (Å²) in [7, 11) is 3.11. The van der Waals surface area contributed by atoms with Crippen molar-refractivity contribution in [3.63, 3.8) is 0 Å². The number of hydrogen-bond donors (Lipinski definition) is 1. The number of nitrogens with zero attached hydrogens (tertiary/aromatic N) is 2. The lowest BCUT2D eigenvalue weighted by molar-refractivity contribution is -0.125. The molecule has 1 aromatic heterocycles. The summed E-state index contributed by atoms with van der Waals surface area (Å²) in [6.45, 7) is 4.42. The molecule has 0 radical (unpaired) electrons. The van der Waals surface area contributed by atoms with E-state index in [0.717, 1.165) is 5.56 Å². The molecule has 1 saturated heterocycles. The van der Waals surface area contributed by atoms with E-state index in [2.05, 4.69) is 10.3 Å². The van der Waals surface area contributed by atoms with E-state index in [0.29, 0.717) is 59.6 Å². The molecule has 0 aliphatic carbocycles. The Morgan fingerprint density at radius 1 is 1.12 bits per heavy atom. The van der Waals surface area contributed by atoms with Gasteiger partial charge in [-0.15, -0.1) is 11.3 Å². The van der Waals surface area contributed by atoms with Crippen molar-refractivity contribution in [2.24, 2.45) is 0 Å². The zero-order valence-electron chi connectivity index (χ0n) is 19.7. The monoisotopic (exact) mass is 491 g/mol. The summed E-state index contributed by atoms with van der Waals surface area (Å²) in [5.74, 6) is 0.165. The molecule has 0 atom stereocenters. The summed E-state index contributed by atoms with van der Waals surface area (Å²) < 4.78 is 20.8. The Morgan fingerprint density at radius 3 is 2.47 bits per heavy atom. The number of amides is 2. The largest absolute Gasteiger partial charge is 0.493 e. The quantitative estimate of drug-likeness (QED) is 0.560. The van der Waals surface area contributed by atoms with Gasteiger partial charge in [0, 0.05) is 24.7 Å². The first kappa shape index (κ1) is 25.3.